The molecule has 0 bridgehead atoms. The summed E-state index contributed by atoms with van der Waals surface area (Å²) in [6, 6.07) is 4.87. The minimum atomic E-state index is 0.330. The second-order valence-electron chi connectivity index (χ2n) is 5.89. The van der Waals surface area contributed by atoms with Crippen molar-refractivity contribution >= 4 is 11.5 Å². The largest absolute Gasteiger partial charge is 0.367 e. The van der Waals surface area contributed by atoms with Gasteiger partial charge in [-0.2, -0.15) is 9.61 Å². The van der Waals surface area contributed by atoms with Gasteiger partial charge in [-0.25, -0.2) is 4.98 Å². The van der Waals surface area contributed by atoms with Crippen molar-refractivity contribution in [3.05, 3.63) is 24.0 Å². The van der Waals surface area contributed by atoms with Crippen LogP contribution in [-0.2, 0) is 0 Å². The second kappa shape index (κ2) is 5.40. The lowest BCUT2D eigenvalue weighted by Crippen LogP contribution is -2.22. The van der Waals surface area contributed by atoms with Crippen molar-refractivity contribution in [2.45, 2.75) is 57.5 Å². The van der Waals surface area contributed by atoms with E-state index in [1.807, 2.05) is 10.6 Å². The summed E-state index contributed by atoms with van der Waals surface area (Å²) in [7, 11) is 0. The van der Waals surface area contributed by atoms with E-state index in [0.717, 1.165) is 42.8 Å². The van der Waals surface area contributed by atoms with Crippen LogP contribution in [0.3, 0.4) is 0 Å². The number of nitrogens with one attached hydrogen (secondary N) is 1. The van der Waals surface area contributed by atoms with Crippen molar-refractivity contribution in [1.82, 2.24) is 14.6 Å². The van der Waals surface area contributed by atoms with Crippen LogP contribution < -0.4 is 11.1 Å². The third-order valence-electron chi connectivity index (χ3n) is 4.32. The van der Waals surface area contributed by atoms with Crippen LogP contribution >= 0.6 is 0 Å². The van der Waals surface area contributed by atoms with Crippen LogP contribution in [-0.4, -0.2) is 26.7 Å². The van der Waals surface area contributed by atoms with E-state index in [9.17, 15) is 0 Å². The Morgan fingerprint density at radius 1 is 1.50 bits per heavy atom. The molecule has 3 N–H and O–H groups in total. The van der Waals surface area contributed by atoms with E-state index in [0.29, 0.717) is 18.0 Å². The van der Waals surface area contributed by atoms with Gasteiger partial charge in [-0.05, 0) is 31.6 Å². The average Bonchev–Trinajstić information content (AvgIpc) is 3.06. The van der Waals surface area contributed by atoms with E-state index >= 15 is 0 Å². The summed E-state index contributed by atoms with van der Waals surface area (Å²) in [5, 5.41) is 7.97. The van der Waals surface area contributed by atoms with Crippen molar-refractivity contribution < 1.29 is 0 Å². The fourth-order valence-corrected chi connectivity index (χ4v) is 2.85. The van der Waals surface area contributed by atoms with Crippen molar-refractivity contribution in [2.75, 3.05) is 5.32 Å². The van der Waals surface area contributed by atoms with Gasteiger partial charge in [0.2, 0.25) is 0 Å². The molecule has 0 spiro atoms. The number of aromatic nitrogens is 3. The molecular weight excluding hydrogens is 250 g/mol. The minimum absolute atomic E-state index is 0.330. The molecule has 1 saturated carbocycles. The van der Waals surface area contributed by atoms with Gasteiger partial charge >= 0.3 is 0 Å². The van der Waals surface area contributed by atoms with Crippen molar-refractivity contribution in [3.63, 3.8) is 0 Å². The molecule has 0 aromatic carbocycles. The number of nitrogens with zero attached hydrogens (tertiary/aromatic N) is 3. The molecule has 1 aliphatic carbocycles. The van der Waals surface area contributed by atoms with Crippen LogP contribution in [0.5, 0.6) is 0 Å². The first-order valence-corrected chi connectivity index (χ1v) is 7.54. The van der Waals surface area contributed by atoms with Gasteiger partial charge in [0.15, 0.2) is 5.65 Å². The third kappa shape index (κ3) is 2.50. The lowest BCUT2D eigenvalue weighted by Gasteiger charge is -2.17. The maximum absolute atomic E-state index is 6.00. The molecule has 20 heavy (non-hydrogen) atoms. The zero-order valence-corrected chi connectivity index (χ0v) is 12.2. The van der Waals surface area contributed by atoms with Crippen LogP contribution in [0.2, 0.25) is 0 Å². The Balaban J connectivity index is 1.93. The zero-order chi connectivity index (χ0) is 14.1. The average molecular weight is 273 g/mol. The Morgan fingerprint density at radius 3 is 3.05 bits per heavy atom. The highest BCUT2D eigenvalue weighted by Crippen LogP contribution is 2.25. The van der Waals surface area contributed by atoms with Crippen LogP contribution in [0.15, 0.2) is 18.3 Å². The number of rotatable bonds is 4. The van der Waals surface area contributed by atoms with Crippen LogP contribution in [0.1, 0.15) is 51.1 Å². The molecule has 3 rings (SSSR count). The molecule has 1 aliphatic rings. The van der Waals surface area contributed by atoms with Crippen molar-refractivity contribution in [2.24, 2.45) is 5.73 Å². The van der Waals surface area contributed by atoms with Crippen LogP contribution in [0.25, 0.3) is 5.65 Å². The van der Waals surface area contributed by atoms with Gasteiger partial charge in [0.25, 0.3) is 0 Å². The maximum atomic E-state index is 6.00. The highest BCUT2D eigenvalue weighted by Gasteiger charge is 2.22. The Labute approximate surface area is 119 Å². The fraction of sp³-hybridized carbons (Fsp3) is 0.600. The molecule has 0 saturated heterocycles. The molecule has 5 nitrogen and oxygen atoms in total. The molecule has 0 amide bonds. The summed E-state index contributed by atoms with van der Waals surface area (Å²) in [5.74, 6) is 1.50. The summed E-state index contributed by atoms with van der Waals surface area (Å²) in [6.45, 7) is 4.40. The van der Waals surface area contributed by atoms with E-state index < -0.39 is 0 Å². The minimum Gasteiger partial charge on any atom is -0.367 e. The highest BCUT2D eigenvalue weighted by atomic mass is 15.3. The van der Waals surface area contributed by atoms with E-state index in [2.05, 4.69) is 30.3 Å². The Kier molecular flexibility index (Phi) is 3.61. The molecular formula is C15H23N5. The second-order valence-corrected chi connectivity index (χ2v) is 5.89. The van der Waals surface area contributed by atoms with Gasteiger partial charge in [-0.15, -0.1) is 0 Å². The molecule has 0 radical (unpaired) electrons. The lowest BCUT2D eigenvalue weighted by molar-refractivity contribution is 0.680. The predicted molar refractivity (Wildman–Crippen MR) is 80.9 cm³/mol. The monoisotopic (exact) mass is 273 g/mol. The van der Waals surface area contributed by atoms with E-state index in [4.69, 9.17) is 10.7 Å². The number of hydrogen-bond acceptors (Lipinski definition) is 4. The van der Waals surface area contributed by atoms with Crippen molar-refractivity contribution in [3.8, 4) is 0 Å². The first-order valence-electron chi connectivity index (χ1n) is 7.54. The molecule has 0 unspecified atom stereocenters. The van der Waals surface area contributed by atoms with E-state index in [1.54, 1.807) is 6.20 Å². The van der Waals surface area contributed by atoms with Crippen LogP contribution in [0.4, 0.5) is 5.82 Å². The SMILES string of the molecule is CC[C@H](C)c1cc(N[C@H]2CC[C@H](N)C2)n2nccc2n1. The van der Waals surface area contributed by atoms with Gasteiger partial charge in [0, 0.05) is 29.9 Å². The number of hydrogen-bond donors (Lipinski definition) is 2. The van der Waals surface area contributed by atoms with Gasteiger partial charge in [-0.1, -0.05) is 13.8 Å². The summed E-state index contributed by atoms with van der Waals surface area (Å²) in [6.07, 6.45) is 6.15. The smallest absolute Gasteiger partial charge is 0.157 e. The van der Waals surface area contributed by atoms with Crippen LogP contribution in [0, 0.1) is 0 Å². The van der Waals surface area contributed by atoms with Crippen molar-refractivity contribution in [1.29, 1.82) is 0 Å². The molecule has 2 aromatic rings. The summed E-state index contributed by atoms with van der Waals surface area (Å²) < 4.78 is 1.88. The lowest BCUT2D eigenvalue weighted by atomic mass is 10.0. The number of fused-ring (bicyclic) bond motifs is 1. The summed E-state index contributed by atoms with van der Waals surface area (Å²) >= 11 is 0. The molecule has 1 fully saturated rings. The fourth-order valence-electron chi connectivity index (χ4n) is 2.85. The first-order chi connectivity index (χ1) is 9.67. The molecule has 0 aliphatic heterocycles. The zero-order valence-electron chi connectivity index (χ0n) is 12.2. The standard InChI is InChI=1S/C15H23N5/c1-3-10(2)13-9-15(18-12-5-4-11(16)8-12)20-14(19-13)6-7-17-20/h6-7,9-12,18H,3-5,8,16H2,1-2H3/t10-,11-,12-/m0/s1. The molecule has 3 atom stereocenters. The Hall–Kier alpha value is -1.62. The van der Waals surface area contributed by atoms with Gasteiger partial charge < -0.3 is 11.1 Å². The summed E-state index contributed by atoms with van der Waals surface area (Å²) in [4.78, 5) is 4.69. The topological polar surface area (TPSA) is 68.2 Å². The normalized spacial score (nSPS) is 24.1. The Morgan fingerprint density at radius 2 is 2.35 bits per heavy atom. The highest BCUT2D eigenvalue weighted by molar-refractivity contribution is 5.50. The maximum Gasteiger partial charge on any atom is 0.157 e. The molecule has 2 heterocycles. The van der Waals surface area contributed by atoms with Gasteiger partial charge in [0.1, 0.15) is 5.82 Å². The first kappa shape index (κ1) is 13.4. The molecule has 5 heteroatoms. The number of nitrogens with two attached hydrogens (primary N) is 1. The van der Waals surface area contributed by atoms with Gasteiger partial charge in [0.05, 0.1) is 6.20 Å². The number of anilines is 1. The predicted octanol–water partition coefficient (Wildman–Crippen LogP) is 2.53. The van der Waals surface area contributed by atoms with E-state index in [1.165, 1.54) is 0 Å². The Bertz CT molecular complexity index is 591. The van der Waals surface area contributed by atoms with E-state index in [-0.39, 0.29) is 0 Å². The third-order valence-corrected chi connectivity index (χ3v) is 4.32. The molecule has 108 valence electrons. The van der Waals surface area contributed by atoms with Gasteiger partial charge in [-0.3, -0.25) is 0 Å². The summed E-state index contributed by atoms with van der Waals surface area (Å²) in [5.41, 5.74) is 8.04. The quantitative estimate of drug-likeness (QED) is 0.898. The molecule has 2 aromatic heterocycles.